The number of rotatable bonds is 2. The molecule has 2 aromatic rings. The van der Waals surface area contributed by atoms with Gasteiger partial charge in [-0.25, -0.2) is 4.98 Å². The number of aromatic nitrogens is 2. The van der Waals surface area contributed by atoms with Gasteiger partial charge in [0.15, 0.2) is 0 Å². The van der Waals surface area contributed by atoms with Crippen LogP contribution < -0.4 is 11.5 Å². The highest BCUT2D eigenvalue weighted by Crippen LogP contribution is 2.20. The molecule has 0 bridgehead atoms. The van der Waals surface area contributed by atoms with E-state index in [9.17, 15) is 4.79 Å². The monoisotopic (exact) mass is 214 g/mol. The van der Waals surface area contributed by atoms with Crippen LogP contribution >= 0.6 is 0 Å². The van der Waals surface area contributed by atoms with E-state index in [1.165, 1.54) is 0 Å². The summed E-state index contributed by atoms with van der Waals surface area (Å²) in [6.45, 7) is 0. The summed E-state index contributed by atoms with van der Waals surface area (Å²) in [4.78, 5) is 18.9. The quantitative estimate of drug-likeness (QED) is 0.773. The van der Waals surface area contributed by atoms with E-state index in [4.69, 9.17) is 11.5 Å². The number of carbonyl (C=O) groups excluding carboxylic acids is 1. The van der Waals surface area contributed by atoms with Gasteiger partial charge in [-0.05, 0) is 23.8 Å². The molecule has 5 nitrogen and oxygen atoms in total. The van der Waals surface area contributed by atoms with Gasteiger partial charge in [0.1, 0.15) is 5.82 Å². The first-order valence-electron chi connectivity index (χ1n) is 4.64. The zero-order chi connectivity index (χ0) is 11.5. The van der Waals surface area contributed by atoms with Crippen LogP contribution in [0.1, 0.15) is 10.4 Å². The predicted molar refractivity (Wildman–Crippen MR) is 60.4 cm³/mol. The van der Waals surface area contributed by atoms with Crippen molar-refractivity contribution in [1.82, 2.24) is 9.97 Å². The Morgan fingerprint density at radius 3 is 2.50 bits per heavy atom. The zero-order valence-corrected chi connectivity index (χ0v) is 8.42. The molecule has 16 heavy (non-hydrogen) atoms. The van der Waals surface area contributed by atoms with E-state index in [0.29, 0.717) is 0 Å². The number of hydrogen-bond acceptors (Lipinski definition) is 4. The summed E-state index contributed by atoms with van der Waals surface area (Å²) in [6, 6.07) is 5.26. The van der Waals surface area contributed by atoms with Crippen molar-refractivity contribution in [2.45, 2.75) is 0 Å². The van der Waals surface area contributed by atoms with Crippen molar-refractivity contribution < 1.29 is 4.79 Å². The van der Waals surface area contributed by atoms with E-state index >= 15 is 0 Å². The fourth-order valence-electron chi connectivity index (χ4n) is 1.37. The maximum atomic E-state index is 11.1. The molecule has 2 heterocycles. The second-order valence-corrected chi connectivity index (χ2v) is 3.26. The number of nitrogen functional groups attached to an aromatic ring is 1. The van der Waals surface area contributed by atoms with E-state index in [1.807, 2.05) is 12.1 Å². The molecule has 0 aromatic carbocycles. The van der Waals surface area contributed by atoms with E-state index < -0.39 is 5.91 Å². The number of nitrogens with two attached hydrogens (primary N) is 2. The molecule has 0 radical (unpaired) electrons. The number of anilines is 1. The van der Waals surface area contributed by atoms with Crippen LogP contribution in [-0.2, 0) is 0 Å². The lowest BCUT2D eigenvalue weighted by Crippen LogP contribution is -2.14. The van der Waals surface area contributed by atoms with Crippen molar-refractivity contribution in [1.29, 1.82) is 0 Å². The summed E-state index contributed by atoms with van der Waals surface area (Å²) in [5.74, 6) is -0.439. The molecule has 0 saturated heterocycles. The molecule has 5 heteroatoms. The SMILES string of the molecule is NC(=O)c1cc(-c2ccncc2)cnc1N. The summed E-state index contributed by atoms with van der Waals surface area (Å²) in [5, 5.41) is 0. The first-order valence-corrected chi connectivity index (χ1v) is 4.64. The third-order valence-corrected chi connectivity index (χ3v) is 2.20. The molecule has 0 aliphatic carbocycles. The van der Waals surface area contributed by atoms with Crippen molar-refractivity contribution in [2.75, 3.05) is 5.73 Å². The fraction of sp³-hybridized carbons (Fsp3) is 0. The summed E-state index contributed by atoms with van der Waals surface area (Å²) < 4.78 is 0. The number of nitrogens with zero attached hydrogens (tertiary/aromatic N) is 2. The van der Waals surface area contributed by atoms with Gasteiger partial charge in [0.05, 0.1) is 5.56 Å². The lowest BCUT2D eigenvalue weighted by atomic mass is 10.1. The molecule has 0 saturated carbocycles. The smallest absolute Gasteiger partial charge is 0.252 e. The Morgan fingerprint density at radius 2 is 1.88 bits per heavy atom. The first-order chi connectivity index (χ1) is 7.68. The minimum absolute atomic E-state index is 0.144. The van der Waals surface area contributed by atoms with E-state index in [0.717, 1.165) is 11.1 Å². The minimum Gasteiger partial charge on any atom is -0.383 e. The lowest BCUT2D eigenvalue weighted by molar-refractivity contribution is 0.100. The van der Waals surface area contributed by atoms with Gasteiger partial charge >= 0.3 is 0 Å². The summed E-state index contributed by atoms with van der Waals surface area (Å²) >= 11 is 0. The average molecular weight is 214 g/mol. The van der Waals surface area contributed by atoms with Crippen LogP contribution in [0.15, 0.2) is 36.8 Å². The molecule has 0 aliphatic rings. The van der Waals surface area contributed by atoms with Gasteiger partial charge in [-0.1, -0.05) is 0 Å². The van der Waals surface area contributed by atoms with Crippen LogP contribution in [0.2, 0.25) is 0 Å². The maximum absolute atomic E-state index is 11.1. The molecule has 0 aliphatic heterocycles. The Morgan fingerprint density at radius 1 is 1.19 bits per heavy atom. The highest BCUT2D eigenvalue weighted by Gasteiger charge is 2.08. The Hall–Kier alpha value is -2.43. The van der Waals surface area contributed by atoms with Crippen LogP contribution in [-0.4, -0.2) is 15.9 Å². The number of pyridine rings is 2. The van der Waals surface area contributed by atoms with Gasteiger partial charge < -0.3 is 11.5 Å². The normalized spacial score (nSPS) is 10.0. The molecular formula is C11H10N4O. The van der Waals surface area contributed by atoms with Crippen LogP contribution in [0.4, 0.5) is 5.82 Å². The van der Waals surface area contributed by atoms with Crippen molar-refractivity contribution in [2.24, 2.45) is 5.73 Å². The number of primary amides is 1. The molecule has 2 rings (SSSR count). The first kappa shape index (κ1) is 10.1. The molecule has 80 valence electrons. The predicted octanol–water partition coefficient (Wildman–Crippen LogP) is 0.825. The van der Waals surface area contributed by atoms with Crippen LogP contribution in [0, 0.1) is 0 Å². The molecular weight excluding hydrogens is 204 g/mol. The lowest BCUT2D eigenvalue weighted by Gasteiger charge is -2.04. The number of amides is 1. The van der Waals surface area contributed by atoms with E-state index in [2.05, 4.69) is 9.97 Å². The Labute approximate surface area is 92.1 Å². The van der Waals surface area contributed by atoms with Gasteiger partial charge in [0, 0.05) is 24.2 Å². The Balaban J connectivity index is 2.52. The number of carbonyl (C=O) groups is 1. The topological polar surface area (TPSA) is 94.9 Å². The van der Waals surface area contributed by atoms with Gasteiger partial charge in [-0.15, -0.1) is 0 Å². The second kappa shape index (κ2) is 3.98. The van der Waals surface area contributed by atoms with Gasteiger partial charge in [-0.3, -0.25) is 9.78 Å². The highest BCUT2D eigenvalue weighted by molar-refractivity contribution is 5.98. The van der Waals surface area contributed by atoms with Crippen molar-refractivity contribution in [3.63, 3.8) is 0 Å². The van der Waals surface area contributed by atoms with Gasteiger partial charge in [-0.2, -0.15) is 0 Å². The largest absolute Gasteiger partial charge is 0.383 e. The van der Waals surface area contributed by atoms with Gasteiger partial charge in [0.25, 0.3) is 5.91 Å². The summed E-state index contributed by atoms with van der Waals surface area (Å²) in [5.41, 5.74) is 12.7. The molecule has 0 atom stereocenters. The van der Waals surface area contributed by atoms with Crippen LogP contribution in [0.25, 0.3) is 11.1 Å². The Kier molecular flexibility index (Phi) is 2.51. The standard InChI is InChI=1S/C11H10N4O/c12-10-9(11(13)16)5-8(6-15-10)7-1-3-14-4-2-7/h1-6H,(H2,12,15)(H2,13,16). The van der Waals surface area contributed by atoms with E-state index in [1.54, 1.807) is 24.7 Å². The van der Waals surface area contributed by atoms with Crippen molar-refractivity contribution in [3.8, 4) is 11.1 Å². The van der Waals surface area contributed by atoms with Gasteiger partial charge in [0.2, 0.25) is 0 Å². The third kappa shape index (κ3) is 1.83. The van der Waals surface area contributed by atoms with Crippen molar-refractivity contribution >= 4 is 11.7 Å². The molecule has 0 spiro atoms. The Bertz CT molecular complexity index is 525. The zero-order valence-electron chi connectivity index (χ0n) is 8.42. The molecule has 4 N–H and O–H groups in total. The second-order valence-electron chi connectivity index (χ2n) is 3.26. The third-order valence-electron chi connectivity index (χ3n) is 2.20. The minimum atomic E-state index is -0.582. The fourth-order valence-corrected chi connectivity index (χ4v) is 1.37. The number of hydrogen-bond donors (Lipinski definition) is 2. The molecule has 0 unspecified atom stereocenters. The van der Waals surface area contributed by atoms with Crippen LogP contribution in [0.5, 0.6) is 0 Å². The summed E-state index contributed by atoms with van der Waals surface area (Å²) in [6.07, 6.45) is 4.92. The highest BCUT2D eigenvalue weighted by atomic mass is 16.1. The molecule has 2 aromatic heterocycles. The molecule has 0 fully saturated rings. The van der Waals surface area contributed by atoms with Crippen LogP contribution in [0.3, 0.4) is 0 Å². The van der Waals surface area contributed by atoms with E-state index in [-0.39, 0.29) is 11.4 Å². The molecule has 1 amide bonds. The summed E-state index contributed by atoms with van der Waals surface area (Å²) in [7, 11) is 0. The maximum Gasteiger partial charge on any atom is 0.252 e. The average Bonchev–Trinajstić information content (AvgIpc) is 2.30. The van der Waals surface area contributed by atoms with Crippen molar-refractivity contribution in [3.05, 3.63) is 42.4 Å².